The molecular weight excluding hydrogens is 310 g/mol. The molecule has 0 saturated carbocycles. The van der Waals surface area contributed by atoms with Gasteiger partial charge in [-0.3, -0.25) is 4.99 Å². The zero-order valence-corrected chi connectivity index (χ0v) is 16.3. The third kappa shape index (κ3) is 4.62. The molecule has 2 rings (SSSR count). The van der Waals surface area contributed by atoms with Crippen LogP contribution in [0.25, 0.3) is 0 Å². The number of benzene rings is 2. The van der Waals surface area contributed by atoms with E-state index in [9.17, 15) is 5.11 Å². The molecular formula is C22H29NO2. The van der Waals surface area contributed by atoms with Gasteiger partial charge in [0, 0.05) is 17.3 Å². The van der Waals surface area contributed by atoms with Gasteiger partial charge in [0.25, 0.3) is 0 Å². The zero-order chi connectivity index (χ0) is 18.8. The second-order valence-electron chi connectivity index (χ2n) is 8.42. The summed E-state index contributed by atoms with van der Waals surface area (Å²) in [5, 5.41) is 10.8. The van der Waals surface area contributed by atoms with Crippen LogP contribution in [0, 0.1) is 0 Å². The van der Waals surface area contributed by atoms with Crippen LogP contribution < -0.4 is 4.74 Å². The summed E-state index contributed by atoms with van der Waals surface area (Å²) in [5.41, 5.74) is 3.54. The minimum Gasteiger partial charge on any atom is -0.507 e. The Morgan fingerprint density at radius 1 is 0.920 bits per heavy atom. The molecule has 2 aromatic carbocycles. The molecule has 0 unspecified atom stereocenters. The van der Waals surface area contributed by atoms with Gasteiger partial charge in [-0.25, -0.2) is 0 Å². The van der Waals surface area contributed by atoms with E-state index in [1.807, 2.05) is 30.3 Å². The number of phenolic OH excluding ortho intramolecular Hbond substituents is 1. The third-order valence-electron chi connectivity index (χ3n) is 4.24. The predicted molar refractivity (Wildman–Crippen MR) is 106 cm³/mol. The number of hydrogen-bond donors (Lipinski definition) is 1. The monoisotopic (exact) mass is 339 g/mol. The first kappa shape index (κ1) is 19.0. The average Bonchev–Trinajstić information content (AvgIpc) is 2.52. The molecule has 0 saturated heterocycles. The van der Waals surface area contributed by atoms with Gasteiger partial charge in [-0.2, -0.15) is 0 Å². The minimum atomic E-state index is -0.145. The Morgan fingerprint density at radius 2 is 1.52 bits per heavy atom. The summed E-state index contributed by atoms with van der Waals surface area (Å²) >= 11 is 0. The van der Waals surface area contributed by atoms with E-state index < -0.39 is 0 Å². The lowest BCUT2D eigenvalue weighted by Crippen LogP contribution is -2.17. The van der Waals surface area contributed by atoms with Gasteiger partial charge in [0.2, 0.25) is 0 Å². The molecule has 2 aromatic rings. The van der Waals surface area contributed by atoms with Crippen LogP contribution in [0.2, 0.25) is 0 Å². The fourth-order valence-electron chi connectivity index (χ4n) is 2.57. The smallest absolute Gasteiger partial charge is 0.128 e. The molecule has 0 spiro atoms. The fraction of sp³-hybridized carbons (Fsp3) is 0.409. The lowest BCUT2D eigenvalue weighted by molar-refractivity contribution is 0.415. The van der Waals surface area contributed by atoms with Crippen LogP contribution >= 0.6 is 0 Å². The summed E-state index contributed by atoms with van der Waals surface area (Å²) in [6.07, 6.45) is 1.74. The lowest BCUT2D eigenvalue weighted by atomic mass is 9.79. The first-order chi connectivity index (χ1) is 11.5. The summed E-state index contributed by atoms with van der Waals surface area (Å²) in [6.45, 7) is 12.9. The van der Waals surface area contributed by atoms with E-state index in [0.29, 0.717) is 5.75 Å². The maximum absolute atomic E-state index is 10.8. The quantitative estimate of drug-likeness (QED) is 0.724. The molecule has 134 valence electrons. The Morgan fingerprint density at radius 3 is 2.00 bits per heavy atom. The average molecular weight is 339 g/mol. The van der Waals surface area contributed by atoms with Crippen LogP contribution in [0.15, 0.2) is 41.4 Å². The number of nitrogens with zero attached hydrogens (tertiary/aromatic N) is 1. The van der Waals surface area contributed by atoms with Gasteiger partial charge in [-0.05, 0) is 46.7 Å². The number of ether oxygens (including phenoxy) is 1. The normalized spacial score (nSPS) is 12.6. The van der Waals surface area contributed by atoms with E-state index in [2.05, 4.69) is 52.6 Å². The highest BCUT2D eigenvalue weighted by Crippen LogP contribution is 2.37. The van der Waals surface area contributed by atoms with Gasteiger partial charge in [0.05, 0.1) is 12.8 Å². The van der Waals surface area contributed by atoms with E-state index in [1.165, 1.54) is 5.56 Å². The molecule has 0 aliphatic heterocycles. The zero-order valence-electron chi connectivity index (χ0n) is 16.3. The van der Waals surface area contributed by atoms with Crippen molar-refractivity contribution in [2.75, 3.05) is 7.11 Å². The SMILES string of the molecule is COc1ccc(/N=C/c2cc(C(C)(C)C)cc(C(C)(C)C)c2O)cc1. The number of phenols is 1. The van der Waals surface area contributed by atoms with Gasteiger partial charge in [-0.1, -0.05) is 47.6 Å². The lowest BCUT2D eigenvalue weighted by Gasteiger charge is -2.26. The van der Waals surface area contributed by atoms with Crippen LogP contribution in [0.4, 0.5) is 5.69 Å². The molecule has 0 amide bonds. The number of aliphatic imine (C=N–C) groups is 1. The molecule has 3 heteroatoms. The van der Waals surface area contributed by atoms with Crippen molar-refractivity contribution in [3.8, 4) is 11.5 Å². The summed E-state index contributed by atoms with van der Waals surface area (Å²) in [4.78, 5) is 4.52. The summed E-state index contributed by atoms with van der Waals surface area (Å²) in [5.74, 6) is 1.10. The first-order valence-electron chi connectivity index (χ1n) is 8.58. The highest BCUT2D eigenvalue weighted by molar-refractivity contribution is 5.86. The molecule has 0 bridgehead atoms. The van der Waals surface area contributed by atoms with Crippen LogP contribution in [0.3, 0.4) is 0 Å². The van der Waals surface area contributed by atoms with E-state index in [4.69, 9.17) is 4.74 Å². The summed E-state index contributed by atoms with van der Waals surface area (Å²) < 4.78 is 5.17. The van der Waals surface area contributed by atoms with Gasteiger partial charge < -0.3 is 9.84 Å². The van der Waals surface area contributed by atoms with Crippen LogP contribution in [0.5, 0.6) is 11.5 Å². The molecule has 25 heavy (non-hydrogen) atoms. The van der Waals surface area contributed by atoms with Crippen molar-refractivity contribution in [2.45, 2.75) is 52.4 Å². The van der Waals surface area contributed by atoms with Crippen LogP contribution in [0.1, 0.15) is 58.2 Å². The van der Waals surface area contributed by atoms with Crippen molar-refractivity contribution in [3.05, 3.63) is 53.1 Å². The van der Waals surface area contributed by atoms with E-state index in [-0.39, 0.29) is 10.8 Å². The maximum Gasteiger partial charge on any atom is 0.128 e. The third-order valence-corrected chi connectivity index (χ3v) is 4.24. The maximum atomic E-state index is 10.8. The van der Waals surface area contributed by atoms with Crippen molar-refractivity contribution < 1.29 is 9.84 Å². The summed E-state index contributed by atoms with van der Waals surface area (Å²) in [7, 11) is 1.64. The highest BCUT2D eigenvalue weighted by Gasteiger charge is 2.24. The molecule has 0 heterocycles. The van der Waals surface area contributed by atoms with E-state index in [1.54, 1.807) is 13.3 Å². The van der Waals surface area contributed by atoms with Gasteiger partial charge in [0.15, 0.2) is 0 Å². The second-order valence-corrected chi connectivity index (χ2v) is 8.42. The van der Waals surface area contributed by atoms with Crippen LogP contribution in [-0.2, 0) is 10.8 Å². The van der Waals surface area contributed by atoms with Gasteiger partial charge in [-0.15, -0.1) is 0 Å². The van der Waals surface area contributed by atoms with E-state index >= 15 is 0 Å². The van der Waals surface area contributed by atoms with Crippen molar-refractivity contribution in [1.29, 1.82) is 0 Å². The Labute approximate surface area is 151 Å². The molecule has 0 radical (unpaired) electrons. The number of hydrogen-bond acceptors (Lipinski definition) is 3. The molecule has 0 fully saturated rings. The molecule has 0 aliphatic carbocycles. The Bertz CT molecular complexity index is 760. The fourth-order valence-corrected chi connectivity index (χ4v) is 2.57. The number of rotatable bonds is 3. The van der Waals surface area contributed by atoms with Gasteiger partial charge >= 0.3 is 0 Å². The standard InChI is InChI=1S/C22H29NO2/c1-21(2,3)16-12-15(20(24)19(13-16)22(4,5)6)14-23-17-8-10-18(25-7)11-9-17/h8-14,24H,1-7H3/b23-14+. The largest absolute Gasteiger partial charge is 0.507 e. The van der Waals surface area contributed by atoms with Crippen molar-refractivity contribution in [3.63, 3.8) is 0 Å². The number of methoxy groups -OCH3 is 1. The predicted octanol–water partition coefficient (Wildman–Crippen LogP) is 5.75. The molecule has 0 aliphatic rings. The first-order valence-corrected chi connectivity index (χ1v) is 8.58. The summed E-state index contributed by atoms with van der Waals surface area (Å²) in [6, 6.07) is 11.7. The van der Waals surface area contributed by atoms with Crippen LogP contribution in [-0.4, -0.2) is 18.4 Å². The Kier molecular flexibility index (Phi) is 5.26. The Balaban J connectivity index is 2.49. The topological polar surface area (TPSA) is 41.8 Å². The minimum absolute atomic E-state index is 0.00357. The molecule has 0 atom stereocenters. The van der Waals surface area contributed by atoms with Crippen molar-refractivity contribution >= 4 is 11.9 Å². The second kappa shape index (κ2) is 6.91. The molecule has 0 aromatic heterocycles. The number of aromatic hydroxyl groups is 1. The van der Waals surface area contributed by atoms with Crippen molar-refractivity contribution in [2.24, 2.45) is 4.99 Å². The van der Waals surface area contributed by atoms with Gasteiger partial charge in [0.1, 0.15) is 11.5 Å². The molecule has 3 nitrogen and oxygen atoms in total. The van der Waals surface area contributed by atoms with Crippen molar-refractivity contribution in [1.82, 2.24) is 0 Å². The highest BCUT2D eigenvalue weighted by atomic mass is 16.5. The van der Waals surface area contributed by atoms with E-state index in [0.717, 1.165) is 22.6 Å². The molecule has 1 N–H and O–H groups in total. The Hall–Kier alpha value is -2.29.